The van der Waals surface area contributed by atoms with Gasteiger partial charge in [0.2, 0.25) is 5.95 Å². The van der Waals surface area contributed by atoms with Gasteiger partial charge in [0.25, 0.3) is 0 Å². The van der Waals surface area contributed by atoms with Crippen LogP contribution in [0.1, 0.15) is 0 Å². The molecule has 68 valence electrons. The van der Waals surface area contributed by atoms with Gasteiger partial charge >= 0.3 is 0 Å². The summed E-state index contributed by atoms with van der Waals surface area (Å²) in [5.41, 5.74) is 5.37. The fourth-order valence-corrected chi connectivity index (χ4v) is 1.05. The van der Waals surface area contributed by atoms with E-state index in [1.807, 2.05) is 10.8 Å². The van der Waals surface area contributed by atoms with E-state index in [0.29, 0.717) is 5.95 Å². The topological polar surface area (TPSA) is 74.5 Å². The fraction of sp³-hybridized carbons (Fsp3) is 0.286. The van der Waals surface area contributed by atoms with Crippen molar-refractivity contribution >= 4 is 5.95 Å². The summed E-state index contributed by atoms with van der Waals surface area (Å²) in [6, 6.07) is 0. The highest BCUT2D eigenvalue weighted by atomic mass is 15.4. The maximum atomic E-state index is 5.37. The Balaban J connectivity index is 1.93. The minimum absolute atomic E-state index is 0.311. The lowest BCUT2D eigenvalue weighted by molar-refractivity contribution is 0.533. The third kappa shape index (κ3) is 1.84. The van der Waals surface area contributed by atoms with Crippen molar-refractivity contribution in [3.63, 3.8) is 0 Å². The van der Waals surface area contributed by atoms with E-state index < -0.39 is 0 Å². The molecule has 2 rings (SSSR count). The zero-order valence-corrected chi connectivity index (χ0v) is 7.04. The number of aromatic nitrogens is 5. The van der Waals surface area contributed by atoms with E-state index in [-0.39, 0.29) is 0 Å². The Bertz CT molecular complexity index is 362. The van der Waals surface area contributed by atoms with E-state index >= 15 is 0 Å². The molecule has 6 heteroatoms. The first-order chi connectivity index (χ1) is 6.34. The van der Waals surface area contributed by atoms with E-state index in [2.05, 4.69) is 15.1 Å². The number of imidazole rings is 1. The molecule has 2 aromatic rings. The lowest BCUT2D eigenvalue weighted by Crippen LogP contribution is -2.06. The quantitative estimate of drug-likeness (QED) is 0.703. The van der Waals surface area contributed by atoms with Crippen molar-refractivity contribution in [2.45, 2.75) is 13.1 Å². The predicted molar refractivity (Wildman–Crippen MR) is 46.7 cm³/mol. The molecule has 0 saturated heterocycles. The van der Waals surface area contributed by atoms with Gasteiger partial charge in [0.1, 0.15) is 6.33 Å². The Hall–Kier alpha value is -1.85. The predicted octanol–water partition coefficient (Wildman–Crippen LogP) is -0.243. The molecule has 0 aliphatic rings. The molecule has 0 aromatic carbocycles. The van der Waals surface area contributed by atoms with Crippen molar-refractivity contribution in [3.8, 4) is 0 Å². The van der Waals surface area contributed by atoms with Gasteiger partial charge < -0.3 is 10.3 Å². The molecule has 0 aliphatic heterocycles. The maximum Gasteiger partial charge on any atom is 0.239 e. The number of aryl methyl sites for hydroxylation is 2. The Morgan fingerprint density at radius 2 is 2.23 bits per heavy atom. The van der Waals surface area contributed by atoms with E-state index in [1.165, 1.54) is 0 Å². The summed E-state index contributed by atoms with van der Waals surface area (Å²) in [5, 5.41) is 3.96. The Kier molecular flexibility index (Phi) is 1.95. The first kappa shape index (κ1) is 7.78. The van der Waals surface area contributed by atoms with Crippen LogP contribution in [-0.4, -0.2) is 24.3 Å². The molecule has 13 heavy (non-hydrogen) atoms. The average Bonchev–Trinajstić information content (AvgIpc) is 2.71. The number of nitrogen functional groups attached to an aromatic ring is 1. The average molecular weight is 178 g/mol. The monoisotopic (exact) mass is 178 g/mol. The van der Waals surface area contributed by atoms with Gasteiger partial charge in [0.15, 0.2) is 0 Å². The summed E-state index contributed by atoms with van der Waals surface area (Å²) < 4.78 is 3.67. The molecule has 0 bridgehead atoms. The summed E-state index contributed by atoms with van der Waals surface area (Å²) in [6.45, 7) is 1.57. The number of hydrogen-bond donors (Lipinski definition) is 1. The van der Waals surface area contributed by atoms with Crippen LogP contribution in [0.3, 0.4) is 0 Å². The highest BCUT2D eigenvalue weighted by Crippen LogP contribution is 1.92. The fourth-order valence-electron chi connectivity index (χ4n) is 1.05. The molecule has 0 aliphatic carbocycles. The van der Waals surface area contributed by atoms with Crippen LogP contribution in [0.15, 0.2) is 25.0 Å². The second kappa shape index (κ2) is 3.26. The van der Waals surface area contributed by atoms with Crippen molar-refractivity contribution in [2.24, 2.45) is 0 Å². The SMILES string of the molecule is Nc1ncn(CCn2ccnc2)n1. The first-order valence-corrected chi connectivity index (χ1v) is 3.95. The van der Waals surface area contributed by atoms with Crippen molar-refractivity contribution in [1.29, 1.82) is 0 Å². The third-order valence-electron chi connectivity index (χ3n) is 1.70. The van der Waals surface area contributed by atoms with Crippen molar-refractivity contribution < 1.29 is 0 Å². The molecule has 0 spiro atoms. The second-order valence-corrected chi connectivity index (χ2v) is 2.67. The summed E-state index contributed by atoms with van der Waals surface area (Å²) >= 11 is 0. The van der Waals surface area contributed by atoms with Gasteiger partial charge in [-0.25, -0.2) is 14.6 Å². The van der Waals surface area contributed by atoms with Crippen molar-refractivity contribution in [1.82, 2.24) is 24.3 Å². The van der Waals surface area contributed by atoms with Crippen LogP contribution in [0.25, 0.3) is 0 Å². The minimum atomic E-state index is 0.311. The van der Waals surface area contributed by atoms with Crippen LogP contribution < -0.4 is 5.73 Å². The highest BCUT2D eigenvalue weighted by Gasteiger charge is 1.95. The van der Waals surface area contributed by atoms with Crippen LogP contribution in [0, 0.1) is 0 Å². The number of nitrogens with zero attached hydrogens (tertiary/aromatic N) is 5. The molecule has 0 fully saturated rings. The molecule has 2 N–H and O–H groups in total. The molecular formula is C7H10N6. The summed E-state index contributed by atoms with van der Waals surface area (Å²) in [4.78, 5) is 7.75. The molecule has 2 aromatic heterocycles. The normalized spacial score (nSPS) is 10.5. The standard InChI is InChI=1S/C7H10N6/c8-7-10-6-13(11-7)4-3-12-2-1-9-5-12/h1-2,5-6H,3-4H2,(H2,8,11). The molecular weight excluding hydrogens is 168 g/mol. The molecule has 2 heterocycles. The van der Waals surface area contributed by atoms with E-state index in [9.17, 15) is 0 Å². The van der Waals surface area contributed by atoms with Crippen LogP contribution in [0.4, 0.5) is 5.95 Å². The molecule has 0 saturated carbocycles. The number of anilines is 1. The van der Waals surface area contributed by atoms with Gasteiger partial charge in [-0.3, -0.25) is 0 Å². The first-order valence-electron chi connectivity index (χ1n) is 3.95. The maximum absolute atomic E-state index is 5.37. The lowest BCUT2D eigenvalue weighted by atomic mass is 10.6. The summed E-state index contributed by atoms with van der Waals surface area (Å²) in [6.07, 6.45) is 7.03. The van der Waals surface area contributed by atoms with E-state index in [1.54, 1.807) is 23.5 Å². The smallest absolute Gasteiger partial charge is 0.239 e. The van der Waals surface area contributed by atoms with Crippen LogP contribution in [0.5, 0.6) is 0 Å². The second-order valence-electron chi connectivity index (χ2n) is 2.67. The van der Waals surface area contributed by atoms with Gasteiger partial charge in [0, 0.05) is 18.9 Å². The zero-order valence-electron chi connectivity index (χ0n) is 7.04. The largest absolute Gasteiger partial charge is 0.367 e. The van der Waals surface area contributed by atoms with Crippen LogP contribution in [0.2, 0.25) is 0 Å². The number of nitrogens with two attached hydrogens (primary N) is 1. The van der Waals surface area contributed by atoms with Crippen molar-refractivity contribution in [3.05, 3.63) is 25.0 Å². The Labute approximate surface area is 75.0 Å². The Morgan fingerprint density at radius 3 is 2.85 bits per heavy atom. The van der Waals surface area contributed by atoms with Gasteiger partial charge in [-0.2, -0.15) is 0 Å². The molecule has 0 atom stereocenters. The molecule has 0 unspecified atom stereocenters. The number of rotatable bonds is 3. The lowest BCUT2D eigenvalue weighted by Gasteiger charge is -2.00. The molecule has 0 amide bonds. The van der Waals surface area contributed by atoms with Crippen molar-refractivity contribution in [2.75, 3.05) is 5.73 Å². The summed E-state index contributed by atoms with van der Waals surface area (Å²) in [7, 11) is 0. The van der Waals surface area contributed by atoms with E-state index in [0.717, 1.165) is 13.1 Å². The Morgan fingerprint density at radius 1 is 1.31 bits per heavy atom. The number of hydrogen-bond acceptors (Lipinski definition) is 4. The van der Waals surface area contributed by atoms with Gasteiger partial charge in [0.05, 0.1) is 12.9 Å². The van der Waals surface area contributed by atoms with Gasteiger partial charge in [-0.05, 0) is 0 Å². The van der Waals surface area contributed by atoms with Crippen LogP contribution >= 0.6 is 0 Å². The summed E-state index contributed by atoms with van der Waals surface area (Å²) in [5.74, 6) is 0.311. The minimum Gasteiger partial charge on any atom is -0.367 e. The van der Waals surface area contributed by atoms with Gasteiger partial charge in [-0.15, -0.1) is 5.10 Å². The zero-order chi connectivity index (χ0) is 9.10. The molecule has 0 radical (unpaired) electrons. The van der Waals surface area contributed by atoms with Crippen LogP contribution in [-0.2, 0) is 13.1 Å². The molecule has 6 nitrogen and oxygen atoms in total. The van der Waals surface area contributed by atoms with E-state index in [4.69, 9.17) is 5.73 Å². The third-order valence-corrected chi connectivity index (χ3v) is 1.70. The van der Waals surface area contributed by atoms with Gasteiger partial charge in [-0.1, -0.05) is 0 Å². The highest BCUT2D eigenvalue weighted by molar-refractivity contribution is 5.09.